The Morgan fingerprint density at radius 1 is 1.12 bits per heavy atom. The Morgan fingerprint density at radius 2 is 1.80 bits per heavy atom. The summed E-state index contributed by atoms with van der Waals surface area (Å²) in [5.41, 5.74) is 2.52. The Balaban J connectivity index is 1.41. The average molecular weight is 353 g/mol. The van der Waals surface area contributed by atoms with Crippen LogP contribution in [0.3, 0.4) is 0 Å². The number of nitrogens with zero attached hydrogens (tertiary/aromatic N) is 1. The van der Waals surface area contributed by atoms with E-state index in [1.807, 2.05) is 11.8 Å². The van der Waals surface area contributed by atoms with Crippen molar-refractivity contribution in [1.82, 2.24) is 10.6 Å². The number of nitrogens with one attached hydrogen (secondary N) is 2. The van der Waals surface area contributed by atoms with E-state index in [0.29, 0.717) is 6.54 Å². The largest absolute Gasteiger partial charge is 0.355 e. The summed E-state index contributed by atoms with van der Waals surface area (Å²) in [6.45, 7) is 2.56. The van der Waals surface area contributed by atoms with Crippen LogP contribution in [0, 0.1) is 0 Å². The van der Waals surface area contributed by atoms with Gasteiger partial charge in [0.25, 0.3) is 0 Å². The second kappa shape index (κ2) is 7.50. The molecule has 1 unspecified atom stereocenters. The molecule has 0 saturated carbocycles. The lowest BCUT2D eigenvalue weighted by Gasteiger charge is -2.32. The van der Waals surface area contributed by atoms with Crippen molar-refractivity contribution in [2.24, 2.45) is 0 Å². The first-order valence-electron chi connectivity index (χ1n) is 8.97. The quantitative estimate of drug-likeness (QED) is 0.807. The van der Waals surface area contributed by atoms with Gasteiger partial charge in [0.2, 0.25) is 5.91 Å². The van der Waals surface area contributed by atoms with Gasteiger partial charge in [-0.3, -0.25) is 4.79 Å². The smallest absolute Gasteiger partial charge is 0.237 e. The molecule has 5 heteroatoms. The highest BCUT2D eigenvalue weighted by atomic mass is 32.2. The number of benzene rings is 2. The summed E-state index contributed by atoms with van der Waals surface area (Å²) in [5.74, 6) is 0.146. The number of anilines is 2. The van der Waals surface area contributed by atoms with E-state index in [-0.39, 0.29) is 11.9 Å². The molecule has 25 heavy (non-hydrogen) atoms. The van der Waals surface area contributed by atoms with E-state index in [9.17, 15) is 4.79 Å². The fraction of sp³-hybridized carbons (Fsp3) is 0.350. The number of hydrogen-bond acceptors (Lipinski definition) is 4. The molecule has 4 nitrogen and oxygen atoms in total. The molecule has 1 saturated heterocycles. The molecule has 0 aliphatic carbocycles. The SMILES string of the molecule is O=C(NCCCN1c2ccccc2Sc2ccccc21)C1CCCN1. The van der Waals surface area contributed by atoms with Crippen molar-refractivity contribution < 1.29 is 4.79 Å². The van der Waals surface area contributed by atoms with Crippen molar-refractivity contribution >= 4 is 29.0 Å². The van der Waals surface area contributed by atoms with Gasteiger partial charge in [0.15, 0.2) is 0 Å². The Hall–Kier alpha value is -1.98. The zero-order valence-electron chi connectivity index (χ0n) is 14.2. The molecule has 2 aliphatic heterocycles. The Labute approximate surface area is 153 Å². The van der Waals surface area contributed by atoms with Crippen LogP contribution >= 0.6 is 11.8 Å². The molecule has 2 aromatic rings. The van der Waals surface area contributed by atoms with Gasteiger partial charge in [0.1, 0.15) is 0 Å². The Kier molecular flexibility index (Phi) is 4.95. The fourth-order valence-electron chi connectivity index (χ4n) is 3.50. The Bertz CT molecular complexity index is 713. The van der Waals surface area contributed by atoms with Gasteiger partial charge in [-0.25, -0.2) is 0 Å². The van der Waals surface area contributed by atoms with Crippen molar-refractivity contribution in [2.45, 2.75) is 35.1 Å². The minimum Gasteiger partial charge on any atom is -0.355 e. The number of hydrogen-bond donors (Lipinski definition) is 2. The van der Waals surface area contributed by atoms with E-state index in [1.165, 1.54) is 21.2 Å². The van der Waals surface area contributed by atoms with Crippen LogP contribution in [0.4, 0.5) is 11.4 Å². The van der Waals surface area contributed by atoms with Gasteiger partial charge < -0.3 is 15.5 Å². The van der Waals surface area contributed by atoms with Crippen LogP contribution in [0.5, 0.6) is 0 Å². The normalized spacial score (nSPS) is 18.6. The van der Waals surface area contributed by atoms with Crippen LogP contribution in [-0.4, -0.2) is 31.6 Å². The van der Waals surface area contributed by atoms with Crippen LogP contribution in [0.1, 0.15) is 19.3 Å². The molecule has 0 spiro atoms. The summed E-state index contributed by atoms with van der Waals surface area (Å²) < 4.78 is 0. The van der Waals surface area contributed by atoms with E-state index in [0.717, 1.165) is 32.4 Å². The summed E-state index contributed by atoms with van der Waals surface area (Å²) >= 11 is 1.83. The van der Waals surface area contributed by atoms with Crippen molar-refractivity contribution in [3.63, 3.8) is 0 Å². The van der Waals surface area contributed by atoms with E-state index in [1.54, 1.807) is 0 Å². The maximum atomic E-state index is 12.1. The second-order valence-corrected chi connectivity index (χ2v) is 7.57. The molecule has 0 aromatic heterocycles. The lowest BCUT2D eigenvalue weighted by Crippen LogP contribution is -2.41. The molecule has 2 N–H and O–H groups in total. The summed E-state index contributed by atoms with van der Waals surface area (Å²) in [4.78, 5) is 17.1. The molecule has 1 fully saturated rings. The predicted octanol–water partition coefficient (Wildman–Crippen LogP) is 3.55. The minimum atomic E-state index is 0.00726. The average Bonchev–Trinajstić information content (AvgIpc) is 3.19. The van der Waals surface area contributed by atoms with Gasteiger partial charge in [-0.1, -0.05) is 36.0 Å². The summed E-state index contributed by atoms with van der Waals surface area (Å²) in [6, 6.07) is 17.1. The summed E-state index contributed by atoms with van der Waals surface area (Å²) in [5, 5.41) is 6.33. The maximum Gasteiger partial charge on any atom is 0.237 e. The van der Waals surface area contributed by atoms with Crippen LogP contribution in [0.15, 0.2) is 58.3 Å². The maximum absolute atomic E-state index is 12.1. The molecule has 0 radical (unpaired) electrons. The number of carbonyl (C=O) groups is 1. The van der Waals surface area contributed by atoms with Gasteiger partial charge in [-0.2, -0.15) is 0 Å². The first kappa shape index (κ1) is 16.5. The number of amides is 1. The van der Waals surface area contributed by atoms with E-state index in [4.69, 9.17) is 0 Å². The highest BCUT2D eigenvalue weighted by molar-refractivity contribution is 7.99. The van der Waals surface area contributed by atoms with Crippen LogP contribution in [0.25, 0.3) is 0 Å². The first-order chi connectivity index (χ1) is 12.3. The third-order valence-corrected chi connectivity index (χ3v) is 5.90. The van der Waals surface area contributed by atoms with Crippen molar-refractivity contribution in [2.75, 3.05) is 24.5 Å². The highest BCUT2D eigenvalue weighted by Gasteiger charge is 2.23. The van der Waals surface area contributed by atoms with Gasteiger partial charge in [-0.15, -0.1) is 0 Å². The molecule has 2 aliphatic rings. The molecule has 2 heterocycles. The van der Waals surface area contributed by atoms with E-state index < -0.39 is 0 Å². The lowest BCUT2D eigenvalue weighted by atomic mass is 10.2. The third-order valence-electron chi connectivity index (χ3n) is 4.77. The standard InChI is InChI=1S/C20H23N3OS/c24-20(15-7-5-12-21-15)22-13-6-14-23-16-8-1-3-10-18(16)25-19-11-4-2-9-17(19)23/h1-4,8-11,15,21H,5-7,12-14H2,(H,22,24). The minimum absolute atomic E-state index is 0.00726. The van der Waals surface area contributed by atoms with Gasteiger partial charge in [0, 0.05) is 22.9 Å². The van der Waals surface area contributed by atoms with Gasteiger partial charge in [0.05, 0.1) is 17.4 Å². The van der Waals surface area contributed by atoms with E-state index >= 15 is 0 Å². The topological polar surface area (TPSA) is 44.4 Å². The number of fused-ring (bicyclic) bond motifs is 2. The van der Waals surface area contributed by atoms with Gasteiger partial charge >= 0.3 is 0 Å². The van der Waals surface area contributed by atoms with E-state index in [2.05, 4.69) is 64.1 Å². The summed E-state index contributed by atoms with van der Waals surface area (Å²) in [7, 11) is 0. The number of rotatable bonds is 5. The molecule has 4 rings (SSSR count). The zero-order valence-corrected chi connectivity index (χ0v) is 15.0. The molecular formula is C20H23N3OS. The number of carbonyl (C=O) groups excluding carboxylic acids is 1. The van der Waals surface area contributed by atoms with Crippen LogP contribution < -0.4 is 15.5 Å². The van der Waals surface area contributed by atoms with Crippen molar-refractivity contribution in [3.8, 4) is 0 Å². The molecule has 2 aromatic carbocycles. The fourth-order valence-corrected chi connectivity index (χ4v) is 4.60. The molecule has 1 amide bonds. The highest BCUT2D eigenvalue weighted by Crippen LogP contribution is 2.47. The molecular weight excluding hydrogens is 330 g/mol. The molecule has 1 atom stereocenters. The first-order valence-corrected chi connectivity index (χ1v) is 9.79. The summed E-state index contributed by atoms with van der Waals surface area (Å²) in [6.07, 6.45) is 2.97. The third kappa shape index (κ3) is 3.53. The van der Waals surface area contributed by atoms with Gasteiger partial charge in [-0.05, 0) is 50.1 Å². The monoisotopic (exact) mass is 353 g/mol. The Morgan fingerprint density at radius 3 is 2.44 bits per heavy atom. The number of para-hydroxylation sites is 2. The second-order valence-electron chi connectivity index (χ2n) is 6.48. The molecule has 130 valence electrons. The lowest BCUT2D eigenvalue weighted by molar-refractivity contribution is -0.122. The predicted molar refractivity (Wildman–Crippen MR) is 103 cm³/mol. The van der Waals surface area contributed by atoms with Crippen LogP contribution in [0.2, 0.25) is 0 Å². The van der Waals surface area contributed by atoms with Crippen molar-refractivity contribution in [1.29, 1.82) is 0 Å². The molecule has 0 bridgehead atoms. The van der Waals surface area contributed by atoms with Crippen molar-refractivity contribution in [3.05, 3.63) is 48.5 Å². The zero-order chi connectivity index (χ0) is 17.1. The van der Waals surface area contributed by atoms with Crippen LogP contribution in [-0.2, 0) is 4.79 Å².